The highest BCUT2D eigenvalue weighted by Crippen LogP contribution is 2.36. The molecule has 3 rings (SSSR count). The smallest absolute Gasteiger partial charge is 0.267 e. The minimum Gasteiger partial charge on any atom is -0.274 e. The number of halogens is 2. The summed E-state index contributed by atoms with van der Waals surface area (Å²) in [4.78, 5) is 27.2. The maximum Gasteiger partial charge on any atom is 0.267 e. The van der Waals surface area contributed by atoms with Crippen LogP contribution >= 0.6 is 11.8 Å². The van der Waals surface area contributed by atoms with Gasteiger partial charge in [-0.1, -0.05) is 31.2 Å². The molecular formula is C20H17F2NO2S. The van der Waals surface area contributed by atoms with E-state index in [4.69, 9.17) is 0 Å². The average molecular weight is 373 g/mol. The maximum atomic E-state index is 13.2. The first-order valence-corrected chi connectivity index (χ1v) is 9.23. The van der Waals surface area contributed by atoms with Crippen molar-refractivity contribution in [2.75, 3.05) is 12.3 Å². The molecule has 0 atom stereocenters. The SMILES string of the molecule is CCSC1=C(c2ccc(F)cc2)C(=O)N(CCc2ccc(F)cc2)C1=O. The molecule has 6 heteroatoms. The zero-order chi connectivity index (χ0) is 18.7. The first-order chi connectivity index (χ1) is 12.5. The van der Waals surface area contributed by atoms with Gasteiger partial charge in [0.1, 0.15) is 11.6 Å². The van der Waals surface area contributed by atoms with Crippen molar-refractivity contribution in [3.05, 3.63) is 76.2 Å². The van der Waals surface area contributed by atoms with Crippen LogP contribution in [0.1, 0.15) is 18.1 Å². The molecule has 1 aliphatic rings. The van der Waals surface area contributed by atoms with Gasteiger partial charge in [-0.15, -0.1) is 11.8 Å². The van der Waals surface area contributed by atoms with E-state index >= 15 is 0 Å². The zero-order valence-corrected chi connectivity index (χ0v) is 15.0. The van der Waals surface area contributed by atoms with Gasteiger partial charge in [-0.3, -0.25) is 14.5 Å². The molecule has 2 aromatic carbocycles. The number of rotatable bonds is 6. The maximum absolute atomic E-state index is 13.2. The van der Waals surface area contributed by atoms with E-state index in [1.807, 2.05) is 6.92 Å². The van der Waals surface area contributed by atoms with Gasteiger partial charge in [0.15, 0.2) is 0 Å². The molecule has 0 radical (unpaired) electrons. The van der Waals surface area contributed by atoms with Crippen LogP contribution in [0.3, 0.4) is 0 Å². The van der Waals surface area contributed by atoms with E-state index < -0.39 is 5.82 Å². The van der Waals surface area contributed by atoms with Gasteiger partial charge >= 0.3 is 0 Å². The van der Waals surface area contributed by atoms with Crippen molar-refractivity contribution in [3.63, 3.8) is 0 Å². The van der Waals surface area contributed by atoms with Gasteiger partial charge in [-0.25, -0.2) is 8.78 Å². The Morgan fingerprint density at radius 1 is 0.885 bits per heavy atom. The van der Waals surface area contributed by atoms with Gasteiger partial charge in [0.2, 0.25) is 0 Å². The first-order valence-electron chi connectivity index (χ1n) is 8.25. The molecule has 0 saturated heterocycles. The van der Waals surface area contributed by atoms with Crippen molar-refractivity contribution in [2.24, 2.45) is 0 Å². The summed E-state index contributed by atoms with van der Waals surface area (Å²) >= 11 is 1.31. The summed E-state index contributed by atoms with van der Waals surface area (Å²) in [6.07, 6.45) is 0.443. The number of amides is 2. The summed E-state index contributed by atoms with van der Waals surface area (Å²) in [6.45, 7) is 2.11. The third-order valence-corrected chi connectivity index (χ3v) is 5.04. The number of benzene rings is 2. The van der Waals surface area contributed by atoms with Crippen LogP contribution in [0.15, 0.2) is 53.4 Å². The minimum absolute atomic E-state index is 0.210. The molecule has 0 spiro atoms. The van der Waals surface area contributed by atoms with E-state index in [0.717, 1.165) is 5.56 Å². The van der Waals surface area contributed by atoms with Gasteiger partial charge in [-0.05, 0) is 47.6 Å². The highest BCUT2D eigenvalue weighted by Gasteiger charge is 2.38. The van der Waals surface area contributed by atoms with E-state index in [2.05, 4.69) is 0 Å². The predicted octanol–water partition coefficient (Wildman–Crippen LogP) is 4.04. The molecule has 26 heavy (non-hydrogen) atoms. The number of nitrogens with zero attached hydrogens (tertiary/aromatic N) is 1. The molecule has 0 aromatic heterocycles. The monoisotopic (exact) mass is 373 g/mol. The zero-order valence-electron chi connectivity index (χ0n) is 14.2. The van der Waals surface area contributed by atoms with Crippen molar-refractivity contribution in [1.29, 1.82) is 0 Å². The summed E-state index contributed by atoms with van der Waals surface area (Å²) in [5.41, 5.74) is 1.69. The van der Waals surface area contributed by atoms with Crippen LogP contribution in [0.4, 0.5) is 8.78 Å². The fourth-order valence-corrected chi connectivity index (χ4v) is 3.67. The van der Waals surface area contributed by atoms with E-state index in [1.165, 1.54) is 53.1 Å². The second-order valence-corrected chi connectivity index (χ2v) is 7.06. The molecule has 0 N–H and O–H groups in total. The van der Waals surface area contributed by atoms with Crippen molar-refractivity contribution >= 4 is 29.1 Å². The fraction of sp³-hybridized carbons (Fsp3) is 0.200. The molecule has 2 amide bonds. The Bertz CT molecular complexity index is 860. The van der Waals surface area contributed by atoms with Gasteiger partial charge in [-0.2, -0.15) is 0 Å². The van der Waals surface area contributed by atoms with Crippen molar-refractivity contribution in [2.45, 2.75) is 13.3 Å². The molecule has 3 nitrogen and oxygen atoms in total. The average Bonchev–Trinajstić information content (AvgIpc) is 2.86. The van der Waals surface area contributed by atoms with E-state index in [1.54, 1.807) is 12.1 Å². The summed E-state index contributed by atoms with van der Waals surface area (Å²) in [7, 11) is 0. The normalized spacial score (nSPS) is 14.5. The van der Waals surface area contributed by atoms with Crippen molar-refractivity contribution in [3.8, 4) is 0 Å². The Morgan fingerprint density at radius 3 is 2.04 bits per heavy atom. The van der Waals surface area contributed by atoms with E-state index in [-0.39, 0.29) is 24.2 Å². The lowest BCUT2D eigenvalue weighted by molar-refractivity contribution is -0.136. The minimum atomic E-state index is -0.399. The quantitative estimate of drug-likeness (QED) is 0.717. The molecule has 0 bridgehead atoms. The Kier molecular flexibility index (Phi) is 5.52. The van der Waals surface area contributed by atoms with Gasteiger partial charge in [0, 0.05) is 6.54 Å². The fourth-order valence-electron chi connectivity index (χ4n) is 2.80. The lowest BCUT2D eigenvalue weighted by Crippen LogP contribution is -2.33. The number of carbonyl (C=O) groups excluding carboxylic acids is 2. The molecule has 0 saturated carbocycles. The van der Waals surface area contributed by atoms with Gasteiger partial charge < -0.3 is 0 Å². The summed E-state index contributed by atoms with van der Waals surface area (Å²) in [6, 6.07) is 11.5. The van der Waals surface area contributed by atoms with Gasteiger partial charge in [0.05, 0.1) is 10.5 Å². The van der Waals surface area contributed by atoms with E-state index in [0.29, 0.717) is 28.2 Å². The Hall–Kier alpha value is -2.47. The molecule has 1 aliphatic heterocycles. The number of hydrogen-bond donors (Lipinski definition) is 0. The first kappa shape index (κ1) is 18.3. The van der Waals surface area contributed by atoms with Gasteiger partial charge in [0.25, 0.3) is 11.8 Å². The topological polar surface area (TPSA) is 37.4 Å². The summed E-state index contributed by atoms with van der Waals surface area (Å²) in [5, 5.41) is 0. The molecule has 134 valence electrons. The Labute approximate surface area is 154 Å². The standard InChI is InChI=1S/C20H17F2NO2S/c1-2-26-18-17(14-5-9-16(22)10-6-14)19(24)23(20(18)25)12-11-13-3-7-15(21)8-4-13/h3-10H,2,11-12H2,1H3. The highest BCUT2D eigenvalue weighted by atomic mass is 32.2. The second kappa shape index (κ2) is 7.83. The van der Waals surface area contributed by atoms with Crippen LogP contribution in [-0.2, 0) is 16.0 Å². The summed E-state index contributed by atoms with van der Waals surface area (Å²) in [5.74, 6) is -0.791. The molecule has 0 unspecified atom stereocenters. The third-order valence-electron chi connectivity index (χ3n) is 4.08. The van der Waals surface area contributed by atoms with Crippen molar-refractivity contribution in [1.82, 2.24) is 4.90 Å². The largest absolute Gasteiger partial charge is 0.274 e. The Balaban J connectivity index is 1.84. The Morgan fingerprint density at radius 2 is 1.46 bits per heavy atom. The van der Waals surface area contributed by atoms with Crippen LogP contribution in [0, 0.1) is 11.6 Å². The number of thioether (sulfide) groups is 1. The molecule has 0 fully saturated rings. The van der Waals surface area contributed by atoms with Crippen LogP contribution in [0.5, 0.6) is 0 Å². The van der Waals surface area contributed by atoms with E-state index in [9.17, 15) is 18.4 Å². The van der Waals surface area contributed by atoms with Crippen LogP contribution in [0.2, 0.25) is 0 Å². The highest BCUT2D eigenvalue weighted by molar-refractivity contribution is 8.04. The van der Waals surface area contributed by atoms with Crippen LogP contribution in [-0.4, -0.2) is 29.0 Å². The number of hydrogen-bond acceptors (Lipinski definition) is 3. The molecule has 0 aliphatic carbocycles. The van der Waals surface area contributed by atoms with Crippen LogP contribution in [0.25, 0.3) is 5.57 Å². The molecule has 1 heterocycles. The lowest BCUT2D eigenvalue weighted by atomic mass is 10.1. The lowest BCUT2D eigenvalue weighted by Gasteiger charge is -2.15. The number of imide groups is 1. The predicted molar refractivity (Wildman–Crippen MR) is 98.3 cm³/mol. The third kappa shape index (κ3) is 3.70. The summed E-state index contributed by atoms with van der Waals surface area (Å²) < 4.78 is 26.2. The molecule has 2 aromatic rings. The second-order valence-electron chi connectivity index (χ2n) is 5.78. The van der Waals surface area contributed by atoms with Crippen molar-refractivity contribution < 1.29 is 18.4 Å². The number of carbonyl (C=O) groups is 2. The van der Waals surface area contributed by atoms with Crippen LogP contribution < -0.4 is 0 Å². The molecular weight excluding hydrogens is 356 g/mol.